The lowest BCUT2D eigenvalue weighted by Gasteiger charge is -2.35. The summed E-state index contributed by atoms with van der Waals surface area (Å²) in [6.45, 7) is 3.91. The zero-order chi connectivity index (χ0) is 9.14. The Balaban J connectivity index is 2.51. The third kappa shape index (κ3) is 2.11. The highest BCUT2D eigenvalue weighted by Gasteiger charge is 2.24. The number of nitrogens with one attached hydrogen (secondary N) is 1. The zero-order valence-electron chi connectivity index (χ0n) is 7.45. The Kier molecular flexibility index (Phi) is 2.92. The van der Waals surface area contributed by atoms with Crippen molar-refractivity contribution in [1.82, 2.24) is 4.90 Å². The molecule has 0 aliphatic carbocycles. The minimum atomic E-state index is 0.125. The Morgan fingerprint density at radius 3 is 2.83 bits per heavy atom. The third-order valence-electron chi connectivity index (χ3n) is 2.35. The van der Waals surface area contributed by atoms with Crippen LogP contribution in [0.25, 0.3) is 0 Å². The van der Waals surface area contributed by atoms with Crippen molar-refractivity contribution in [1.29, 1.82) is 5.41 Å². The van der Waals surface area contributed by atoms with Gasteiger partial charge in [0.15, 0.2) is 5.96 Å². The average Bonchev–Trinajstić information content (AvgIpc) is 2.03. The first-order valence-corrected chi connectivity index (χ1v) is 4.33. The van der Waals surface area contributed by atoms with Crippen molar-refractivity contribution >= 4 is 5.96 Å². The minimum Gasteiger partial charge on any atom is -0.396 e. The van der Waals surface area contributed by atoms with Crippen LogP contribution in [0.4, 0.5) is 0 Å². The number of piperidine rings is 1. The molecule has 0 amide bonds. The van der Waals surface area contributed by atoms with Gasteiger partial charge in [-0.1, -0.05) is 6.92 Å². The fraction of sp³-hybridized carbons (Fsp3) is 0.875. The van der Waals surface area contributed by atoms with Crippen LogP contribution in [0.3, 0.4) is 0 Å². The van der Waals surface area contributed by atoms with E-state index in [4.69, 9.17) is 16.2 Å². The molecule has 0 aromatic heterocycles. The monoisotopic (exact) mass is 171 g/mol. The molecule has 2 unspecified atom stereocenters. The molecule has 0 bridgehead atoms. The summed E-state index contributed by atoms with van der Waals surface area (Å²) in [6.07, 6.45) is 1.04. The largest absolute Gasteiger partial charge is 0.396 e. The van der Waals surface area contributed by atoms with Gasteiger partial charge < -0.3 is 15.7 Å². The molecule has 12 heavy (non-hydrogen) atoms. The van der Waals surface area contributed by atoms with Crippen molar-refractivity contribution in [2.45, 2.75) is 13.3 Å². The van der Waals surface area contributed by atoms with Crippen LogP contribution in [0.2, 0.25) is 0 Å². The summed E-state index contributed by atoms with van der Waals surface area (Å²) < 4.78 is 0. The fourth-order valence-corrected chi connectivity index (χ4v) is 1.81. The maximum Gasteiger partial charge on any atom is 0.188 e. The fourth-order valence-electron chi connectivity index (χ4n) is 1.81. The number of likely N-dealkylation sites (tertiary alicyclic amines) is 1. The van der Waals surface area contributed by atoms with Gasteiger partial charge in [-0.15, -0.1) is 0 Å². The number of aliphatic hydroxyl groups is 1. The lowest BCUT2D eigenvalue weighted by atomic mass is 9.91. The SMILES string of the molecule is CC1CC(CO)CN(C(=N)N)C1. The van der Waals surface area contributed by atoms with Crippen LogP contribution in [-0.4, -0.2) is 35.7 Å². The van der Waals surface area contributed by atoms with Crippen molar-refractivity contribution in [3.05, 3.63) is 0 Å². The normalized spacial score (nSPS) is 30.3. The van der Waals surface area contributed by atoms with E-state index in [1.54, 1.807) is 0 Å². The maximum atomic E-state index is 8.97. The van der Waals surface area contributed by atoms with Crippen LogP contribution < -0.4 is 5.73 Å². The van der Waals surface area contributed by atoms with Gasteiger partial charge in [0.05, 0.1) is 0 Å². The van der Waals surface area contributed by atoms with Gasteiger partial charge >= 0.3 is 0 Å². The molecule has 1 aliphatic heterocycles. The molecule has 4 heteroatoms. The van der Waals surface area contributed by atoms with Gasteiger partial charge in [-0.25, -0.2) is 0 Å². The first kappa shape index (κ1) is 9.32. The summed E-state index contributed by atoms with van der Waals surface area (Å²) in [6, 6.07) is 0. The minimum absolute atomic E-state index is 0.125. The molecule has 0 radical (unpaired) electrons. The topological polar surface area (TPSA) is 73.3 Å². The van der Waals surface area contributed by atoms with Gasteiger partial charge in [0.1, 0.15) is 0 Å². The maximum absolute atomic E-state index is 8.97. The molecule has 1 saturated heterocycles. The van der Waals surface area contributed by atoms with E-state index < -0.39 is 0 Å². The van der Waals surface area contributed by atoms with Crippen LogP contribution in [-0.2, 0) is 0 Å². The van der Waals surface area contributed by atoms with Crippen LogP contribution in [0.1, 0.15) is 13.3 Å². The van der Waals surface area contributed by atoms with Crippen molar-refractivity contribution in [3.63, 3.8) is 0 Å². The predicted molar refractivity (Wildman–Crippen MR) is 47.8 cm³/mol. The molecule has 1 aliphatic rings. The number of guanidine groups is 1. The Hall–Kier alpha value is -0.770. The van der Waals surface area contributed by atoms with E-state index in [1.165, 1.54) is 0 Å². The van der Waals surface area contributed by atoms with Crippen LogP contribution >= 0.6 is 0 Å². The van der Waals surface area contributed by atoms with E-state index in [1.807, 2.05) is 4.90 Å². The Labute approximate surface area is 72.9 Å². The number of hydrogen-bond donors (Lipinski definition) is 3. The molecule has 0 saturated carbocycles. The molecule has 4 N–H and O–H groups in total. The molecular formula is C8H17N3O. The molecule has 0 aromatic rings. The van der Waals surface area contributed by atoms with Gasteiger partial charge in [-0.05, 0) is 18.3 Å². The highest BCUT2D eigenvalue weighted by Crippen LogP contribution is 2.20. The number of nitrogens with zero attached hydrogens (tertiary/aromatic N) is 1. The summed E-state index contributed by atoms with van der Waals surface area (Å²) in [5.41, 5.74) is 5.37. The first-order chi connectivity index (χ1) is 5.63. The zero-order valence-corrected chi connectivity index (χ0v) is 7.45. The van der Waals surface area contributed by atoms with Gasteiger partial charge in [-0.2, -0.15) is 0 Å². The van der Waals surface area contributed by atoms with E-state index in [0.717, 1.165) is 19.5 Å². The second-order valence-corrected chi connectivity index (χ2v) is 3.68. The summed E-state index contributed by atoms with van der Waals surface area (Å²) in [4.78, 5) is 1.83. The lowest BCUT2D eigenvalue weighted by Crippen LogP contribution is -2.47. The molecule has 2 atom stereocenters. The molecule has 0 spiro atoms. The number of rotatable bonds is 1. The van der Waals surface area contributed by atoms with Gasteiger partial charge in [0.25, 0.3) is 0 Å². The lowest BCUT2D eigenvalue weighted by molar-refractivity contribution is 0.130. The van der Waals surface area contributed by atoms with Crippen molar-refractivity contribution in [2.75, 3.05) is 19.7 Å². The molecule has 1 fully saturated rings. The van der Waals surface area contributed by atoms with Crippen molar-refractivity contribution in [2.24, 2.45) is 17.6 Å². The number of aliphatic hydroxyl groups excluding tert-OH is 1. The van der Waals surface area contributed by atoms with Crippen molar-refractivity contribution in [3.8, 4) is 0 Å². The smallest absolute Gasteiger partial charge is 0.188 e. The van der Waals surface area contributed by atoms with Crippen LogP contribution in [0, 0.1) is 17.2 Å². The highest BCUT2D eigenvalue weighted by molar-refractivity contribution is 5.74. The van der Waals surface area contributed by atoms with Gasteiger partial charge in [-0.3, -0.25) is 5.41 Å². The summed E-state index contributed by atoms with van der Waals surface area (Å²) in [5.74, 6) is 0.942. The molecule has 70 valence electrons. The van der Waals surface area contributed by atoms with Gasteiger partial charge in [0, 0.05) is 19.7 Å². The van der Waals surface area contributed by atoms with E-state index in [0.29, 0.717) is 5.92 Å². The van der Waals surface area contributed by atoms with E-state index in [-0.39, 0.29) is 18.5 Å². The van der Waals surface area contributed by atoms with E-state index in [9.17, 15) is 0 Å². The van der Waals surface area contributed by atoms with Crippen LogP contribution in [0.5, 0.6) is 0 Å². The summed E-state index contributed by atoms with van der Waals surface area (Å²) in [5, 5.41) is 16.2. The predicted octanol–water partition coefficient (Wildman–Crippen LogP) is -0.170. The molecular weight excluding hydrogens is 154 g/mol. The molecule has 0 aromatic carbocycles. The van der Waals surface area contributed by atoms with E-state index >= 15 is 0 Å². The van der Waals surface area contributed by atoms with Crippen LogP contribution in [0.15, 0.2) is 0 Å². The van der Waals surface area contributed by atoms with E-state index in [2.05, 4.69) is 6.92 Å². The molecule has 1 heterocycles. The molecule has 4 nitrogen and oxygen atoms in total. The second kappa shape index (κ2) is 3.76. The average molecular weight is 171 g/mol. The second-order valence-electron chi connectivity index (χ2n) is 3.68. The third-order valence-corrected chi connectivity index (χ3v) is 2.35. The summed E-state index contributed by atoms with van der Waals surface area (Å²) in [7, 11) is 0. The van der Waals surface area contributed by atoms with Crippen molar-refractivity contribution < 1.29 is 5.11 Å². The standard InChI is InChI=1S/C8H17N3O/c1-6-2-7(5-12)4-11(3-6)8(9)10/h6-7,12H,2-5H2,1H3,(H3,9,10). The Morgan fingerprint density at radius 2 is 2.33 bits per heavy atom. The van der Waals surface area contributed by atoms with Gasteiger partial charge in [0.2, 0.25) is 0 Å². The highest BCUT2D eigenvalue weighted by atomic mass is 16.3. The first-order valence-electron chi connectivity index (χ1n) is 4.33. The Bertz CT molecular complexity index is 172. The number of hydrogen-bond acceptors (Lipinski definition) is 2. The molecule has 1 rings (SSSR count). The summed E-state index contributed by atoms with van der Waals surface area (Å²) >= 11 is 0. The quantitative estimate of drug-likeness (QED) is 0.379. The number of nitrogens with two attached hydrogens (primary N) is 1. The Morgan fingerprint density at radius 1 is 1.67 bits per heavy atom.